The Hall–Kier alpha value is -3.28. The third-order valence-corrected chi connectivity index (χ3v) is 3.84. The molecule has 2 amide bonds. The molecule has 1 aromatic carbocycles. The van der Waals surface area contributed by atoms with Crippen molar-refractivity contribution >= 4 is 11.8 Å². The third kappa shape index (κ3) is 4.22. The van der Waals surface area contributed by atoms with Crippen molar-refractivity contribution < 1.29 is 19.1 Å². The molecule has 26 heavy (non-hydrogen) atoms. The molecular formula is C20H22N2O4. The average Bonchev–Trinajstić information content (AvgIpc) is 2.74. The van der Waals surface area contributed by atoms with Gasteiger partial charge in [-0.15, -0.1) is 0 Å². The number of carbonyl (C=O) groups excluding carboxylic acids is 2. The number of ether oxygens (including phenoxy) is 2. The van der Waals surface area contributed by atoms with Gasteiger partial charge < -0.3 is 19.7 Å². The number of hydrogen-bond donors (Lipinski definition) is 1. The lowest BCUT2D eigenvalue weighted by Gasteiger charge is -2.21. The molecule has 0 aliphatic carbocycles. The Morgan fingerprint density at radius 3 is 2.50 bits per heavy atom. The van der Waals surface area contributed by atoms with Crippen molar-refractivity contribution in [3.05, 3.63) is 72.5 Å². The standard InChI is InChI=1S/C20H22N2O4/c1-5-7-16-17(8-6-2)21-19(23)13-22(20(16)24)12-14-9-10-15(25-3)11-18(14)26-4/h5-11H,1-2,12-13H2,3-4H3,(H,21,23)/b16-7+,17-8+. The van der Waals surface area contributed by atoms with Crippen LogP contribution in [0.3, 0.4) is 0 Å². The highest BCUT2D eigenvalue weighted by Gasteiger charge is 2.28. The lowest BCUT2D eigenvalue weighted by molar-refractivity contribution is -0.131. The first-order chi connectivity index (χ1) is 12.5. The van der Waals surface area contributed by atoms with Gasteiger partial charge in [0.25, 0.3) is 5.91 Å². The smallest absolute Gasteiger partial charge is 0.256 e. The second kappa shape index (κ2) is 8.71. The molecular weight excluding hydrogens is 332 g/mol. The first-order valence-corrected chi connectivity index (χ1v) is 7.99. The van der Waals surface area contributed by atoms with Gasteiger partial charge in [0, 0.05) is 11.6 Å². The zero-order valence-corrected chi connectivity index (χ0v) is 15.0. The van der Waals surface area contributed by atoms with Crippen LogP contribution >= 0.6 is 0 Å². The zero-order chi connectivity index (χ0) is 19.1. The molecule has 6 heteroatoms. The molecule has 2 rings (SSSR count). The second-order valence-electron chi connectivity index (χ2n) is 5.52. The Morgan fingerprint density at radius 2 is 1.88 bits per heavy atom. The summed E-state index contributed by atoms with van der Waals surface area (Å²) in [6.45, 7) is 7.41. The van der Waals surface area contributed by atoms with Crippen LogP contribution in [0, 0.1) is 0 Å². The molecule has 136 valence electrons. The molecule has 6 nitrogen and oxygen atoms in total. The number of carbonyl (C=O) groups is 2. The van der Waals surface area contributed by atoms with Crippen molar-refractivity contribution in [2.24, 2.45) is 0 Å². The van der Waals surface area contributed by atoms with Crippen LogP contribution in [0.1, 0.15) is 5.56 Å². The highest BCUT2D eigenvalue weighted by molar-refractivity contribution is 6.03. The number of allylic oxidation sites excluding steroid dienone is 4. The maximum absolute atomic E-state index is 13.0. The molecule has 1 saturated heterocycles. The molecule has 1 aromatic rings. The van der Waals surface area contributed by atoms with Gasteiger partial charge in [-0.1, -0.05) is 25.3 Å². The van der Waals surface area contributed by atoms with Gasteiger partial charge in [-0.3, -0.25) is 9.59 Å². The molecule has 1 N–H and O–H groups in total. The van der Waals surface area contributed by atoms with E-state index in [2.05, 4.69) is 18.5 Å². The Labute approximate surface area is 153 Å². The van der Waals surface area contributed by atoms with E-state index < -0.39 is 0 Å². The Bertz CT molecular complexity index is 793. The predicted octanol–water partition coefficient (Wildman–Crippen LogP) is 2.34. The van der Waals surface area contributed by atoms with Crippen LogP contribution in [0.15, 0.2) is 66.9 Å². The summed E-state index contributed by atoms with van der Waals surface area (Å²) in [7, 11) is 3.11. The summed E-state index contributed by atoms with van der Waals surface area (Å²) >= 11 is 0. The Balaban J connectivity index is 2.40. The molecule has 1 fully saturated rings. The summed E-state index contributed by atoms with van der Waals surface area (Å²) in [5, 5.41) is 2.73. The molecule has 0 bridgehead atoms. The van der Waals surface area contributed by atoms with Crippen LogP contribution in [0.2, 0.25) is 0 Å². The van der Waals surface area contributed by atoms with Gasteiger partial charge in [0.1, 0.15) is 18.0 Å². The minimum absolute atomic E-state index is 0.0724. The summed E-state index contributed by atoms with van der Waals surface area (Å²) in [6.07, 6.45) is 6.18. The van der Waals surface area contributed by atoms with E-state index in [1.165, 1.54) is 17.1 Å². The van der Waals surface area contributed by atoms with E-state index in [1.54, 1.807) is 38.5 Å². The summed E-state index contributed by atoms with van der Waals surface area (Å²) in [4.78, 5) is 26.7. The van der Waals surface area contributed by atoms with E-state index in [0.29, 0.717) is 22.8 Å². The summed E-state index contributed by atoms with van der Waals surface area (Å²) in [5.74, 6) is 0.660. The topological polar surface area (TPSA) is 67.9 Å². The van der Waals surface area contributed by atoms with Crippen molar-refractivity contribution in [3.63, 3.8) is 0 Å². The first-order valence-electron chi connectivity index (χ1n) is 7.99. The fourth-order valence-electron chi connectivity index (χ4n) is 2.63. The molecule has 0 atom stereocenters. The molecule has 0 radical (unpaired) electrons. The maximum atomic E-state index is 13.0. The van der Waals surface area contributed by atoms with Crippen LogP contribution < -0.4 is 14.8 Å². The van der Waals surface area contributed by atoms with Gasteiger partial charge in [0.2, 0.25) is 5.91 Å². The minimum Gasteiger partial charge on any atom is -0.497 e. The Morgan fingerprint density at radius 1 is 1.15 bits per heavy atom. The summed E-state index contributed by atoms with van der Waals surface area (Å²) in [5.41, 5.74) is 1.51. The molecule has 0 unspecified atom stereocenters. The van der Waals surface area contributed by atoms with E-state index in [1.807, 2.05) is 6.07 Å². The number of methoxy groups -OCH3 is 2. The van der Waals surface area contributed by atoms with Crippen molar-refractivity contribution in [1.82, 2.24) is 10.2 Å². The molecule has 1 heterocycles. The molecule has 0 aromatic heterocycles. The van der Waals surface area contributed by atoms with Crippen LogP contribution in [-0.2, 0) is 16.1 Å². The highest BCUT2D eigenvalue weighted by Crippen LogP contribution is 2.27. The monoisotopic (exact) mass is 354 g/mol. The van der Waals surface area contributed by atoms with E-state index in [9.17, 15) is 9.59 Å². The molecule has 1 aliphatic heterocycles. The molecule has 1 aliphatic rings. The van der Waals surface area contributed by atoms with Gasteiger partial charge in [-0.2, -0.15) is 0 Å². The fraction of sp³-hybridized carbons (Fsp3) is 0.200. The van der Waals surface area contributed by atoms with Crippen molar-refractivity contribution in [1.29, 1.82) is 0 Å². The largest absolute Gasteiger partial charge is 0.497 e. The predicted molar refractivity (Wildman–Crippen MR) is 99.7 cm³/mol. The van der Waals surface area contributed by atoms with Crippen molar-refractivity contribution in [2.45, 2.75) is 6.54 Å². The quantitative estimate of drug-likeness (QED) is 0.797. The molecule has 0 spiro atoms. The van der Waals surface area contributed by atoms with Crippen LogP contribution in [0.25, 0.3) is 0 Å². The van der Waals surface area contributed by atoms with Gasteiger partial charge in [-0.05, 0) is 24.3 Å². The Kier molecular flexibility index (Phi) is 6.38. The fourth-order valence-corrected chi connectivity index (χ4v) is 2.63. The van der Waals surface area contributed by atoms with E-state index in [4.69, 9.17) is 9.47 Å². The van der Waals surface area contributed by atoms with Crippen molar-refractivity contribution in [2.75, 3.05) is 20.8 Å². The van der Waals surface area contributed by atoms with E-state index in [0.717, 1.165) is 5.56 Å². The third-order valence-electron chi connectivity index (χ3n) is 3.84. The number of hydrogen-bond acceptors (Lipinski definition) is 4. The van der Waals surface area contributed by atoms with Crippen molar-refractivity contribution in [3.8, 4) is 11.5 Å². The molecule has 0 saturated carbocycles. The lowest BCUT2D eigenvalue weighted by Crippen LogP contribution is -2.35. The number of nitrogens with one attached hydrogen (secondary N) is 1. The normalized spacial score (nSPS) is 17.7. The van der Waals surface area contributed by atoms with Crippen LogP contribution in [0.4, 0.5) is 0 Å². The first kappa shape index (κ1) is 19.1. The lowest BCUT2D eigenvalue weighted by atomic mass is 10.1. The zero-order valence-electron chi connectivity index (χ0n) is 15.0. The maximum Gasteiger partial charge on any atom is 0.256 e. The van der Waals surface area contributed by atoms with Gasteiger partial charge in [0.05, 0.1) is 32.0 Å². The number of amides is 2. The highest BCUT2D eigenvalue weighted by atomic mass is 16.5. The number of rotatable bonds is 6. The number of nitrogens with zero attached hydrogens (tertiary/aromatic N) is 1. The SMILES string of the molecule is C=C/C=C1/NC(=O)CN(Cc2ccc(OC)cc2OC)C(=O)/C1=C/C=C. The minimum atomic E-state index is -0.286. The number of benzene rings is 1. The van der Waals surface area contributed by atoms with Gasteiger partial charge in [-0.25, -0.2) is 0 Å². The summed E-state index contributed by atoms with van der Waals surface area (Å²) < 4.78 is 10.6. The summed E-state index contributed by atoms with van der Waals surface area (Å²) in [6, 6.07) is 5.33. The van der Waals surface area contributed by atoms with Crippen LogP contribution in [0.5, 0.6) is 11.5 Å². The van der Waals surface area contributed by atoms with E-state index >= 15 is 0 Å². The average molecular weight is 354 g/mol. The van der Waals surface area contributed by atoms with Gasteiger partial charge in [0.15, 0.2) is 0 Å². The second-order valence-corrected chi connectivity index (χ2v) is 5.52. The van der Waals surface area contributed by atoms with Crippen LogP contribution in [-0.4, -0.2) is 37.5 Å². The van der Waals surface area contributed by atoms with E-state index in [-0.39, 0.29) is 24.9 Å². The van der Waals surface area contributed by atoms with Gasteiger partial charge >= 0.3 is 0 Å².